The van der Waals surface area contributed by atoms with Gasteiger partial charge in [0.2, 0.25) is 0 Å². The third kappa shape index (κ3) is 3.92. The molecule has 33 heavy (non-hydrogen) atoms. The molecular weight excluding hydrogens is 415 g/mol. The highest BCUT2D eigenvalue weighted by Gasteiger charge is 2.51. The van der Waals surface area contributed by atoms with Gasteiger partial charge in [-0.25, -0.2) is 0 Å². The summed E-state index contributed by atoms with van der Waals surface area (Å²) in [4.78, 5) is 14.6. The van der Waals surface area contributed by atoms with Crippen LogP contribution in [0.4, 0.5) is 5.69 Å². The van der Waals surface area contributed by atoms with Crippen LogP contribution in [0.25, 0.3) is 32.9 Å². The maximum absolute atomic E-state index is 11.5. The number of nitro benzene ring substituents is 1. The normalized spacial score (nSPS) is 16.6. The van der Waals surface area contributed by atoms with E-state index in [1.807, 2.05) is 77.9 Å². The van der Waals surface area contributed by atoms with Crippen molar-refractivity contribution in [2.75, 3.05) is 0 Å². The van der Waals surface area contributed by atoms with E-state index in [4.69, 9.17) is 9.31 Å². The number of aromatic nitrogens is 1. The Morgan fingerprint density at radius 2 is 1.42 bits per heavy atom. The van der Waals surface area contributed by atoms with Crippen LogP contribution in [0.3, 0.4) is 0 Å². The molecule has 1 fully saturated rings. The van der Waals surface area contributed by atoms with Gasteiger partial charge in [-0.3, -0.25) is 10.1 Å². The lowest BCUT2D eigenvalue weighted by molar-refractivity contribution is -0.384. The molecule has 0 amide bonds. The minimum atomic E-state index is -0.447. The topological polar surface area (TPSA) is 77.4 Å². The van der Waals surface area contributed by atoms with E-state index >= 15 is 0 Å². The molecule has 1 N–H and O–H groups in total. The second-order valence-electron chi connectivity index (χ2n) is 9.05. The highest BCUT2D eigenvalue weighted by molar-refractivity contribution is 6.62. The average Bonchev–Trinajstić information content (AvgIpc) is 3.27. The number of fused-ring (bicyclic) bond motifs is 3. The van der Waals surface area contributed by atoms with Crippen LogP contribution in [0.2, 0.25) is 0 Å². The fourth-order valence-electron chi connectivity index (χ4n) is 4.09. The molecule has 0 saturated carbocycles. The van der Waals surface area contributed by atoms with Crippen LogP contribution in [0.1, 0.15) is 41.5 Å². The maximum Gasteiger partial charge on any atom is 0.494 e. The van der Waals surface area contributed by atoms with Crippen LogP contribution in [-0.4, -0.2) is 28.2 Å². The molecule has 6 nitrogen and oxygen atoms in total. The van der Waals surface area contributed by atoms with Gasteiger partial charge in [-0.15, -0.1) is 0 Å². The number of benzene rings is 3. The summed E-state index contributed by atoms with van der Waals surface area (Å²) in [6, 6.07) is 18.8. The van der Waals surface area contributed by atoms with Gasteiger partial charge < -0.3 is 14.3 Å². The number of hydrogen-bond acceptors (Lipinski definition) is 4. The van der Waals surface area contributed by atoms with Gasteiger partial charge >= 0.3 is 7.12 Å². The minimum Gasteiger partial charge on any atom is -0.399 e. The van der Waals surface area contributed by atoms with Gasteiger partial charge in [-0.05, 0) is 63.0 Å². The van der Waals surface area contributed by atoms with Crippen LogP contribution in [0.5, 0.6) is 0 Å². The van der Waals surface area contributed by atoms with E-state index in [0.717, 1.165) is 32.8 Å². The zero-order chi connectivity index (χ0) is 24.0. The van der Waals surface area contributed by atoms with Crippen molar-refractivity contribution in [3.8, 4) is 11.1 Å². The van der Waals surface area contributed by atoms with Crippen molar-refractivity contribution in [1.29, 1.82) is 0 Å². The smallest absolute Gasteiger partial charge is 0.399 e. The Kier molecular flexibility index (Phi) is 5.80. The average molecular weight is 444 g/mol. The van der Waals surface area contributed by atoms with Gasteiger partial charge in [0, 0.05) is 27.9 Å². The Morgan fingerprint density at radius 1 is 0.848 bits per heavy atom. The molecule has 3 aromatic carbocycles. The highest BCUT2D eigenvalue weighted by atomic mass is 16.7. The van der Waals surface area contributed by atoms with Crippen molar-refractivity contribution in [2.24, 2.45) is 0 Å². The van der Waals surface area contributed by atoms with Crippen molar-refractivity contribution in [3.05, 3.63) is 70.8 Å². The van der Waals surface area contributed by atoms with Gasteiger partial charge in [0.1, 0.15) is 0 Å². The lowest BCUT2D eigenvalue weighted by Gasteiger charge is -2.32. The molecule has 5 rings (SSSR count). The Bertz CT molecular complexity index is 1330. The third-order valence-electron chi connectivity index (χ3n) is 6.56. The summed E-state index contributed by atoms with van der Waals surface area (Å²) in [5.74, 6) is 0. The number of H-pyrrole nitrogens is 1. The first kappa shape index (κ1) is 23.0. The highest BCUT2D eigenvalue weighted by Crippen LogP contribution is 2.37. The van der Waals surface area contributed by atoms with Crippen LogP contribution < -0.4 is 5.46 Å². The molecule has 0 radical (unpaired) electrons. The molecule has 0 spiro atoms. The molecule has 1 saturated heterocycles. The number of nitrogens with zero attached hydrogens (tertiary/aromatic N) is 1. The fraction of sp³-hybridized carbons (Fsp3) is 0.308. The van der Waals surface area contributed by atoms with Crippen LogP contribution in [-0.2, 0) is 9.31 Å². The van der Waals surface area contributed by atoms with Crippen LogP contribution in [0, 0.1) is 10.1 Å². The van der Waals surface area contributed by atoms with Gasteiger partial charge in [-0.1, -0.05) is 44.2 Å². The van der Waals surface area contributed by atoms with Crippen molar-refractivity contribution in [3.63, 3.8) is 0 Å². The predicted octanol–water partition coefficient (Wildman–Crippen LogP) is 6.22. The van der Waals surface area contributed by atoms with Gasteiger partial charge in [0.15, 0.2) is 0 Å². The van der Waals surface area contributed by atoms with Gasteiger partial charge in [-0.2, -0.15) is 0 Å². The standard InChI is InChI=1S/C24H23BN2O4.C2H6/c1-23(2)24(3,4)31-25(30-23)16-10-12-21-19(14-16)18-13-15(9-11-20(18)26-21)17-7-5-6-8-22(17)27(28)29;1-2/h5-14,26H,1-4H3;1-2H3. The number of nitrogens with one attached hydrogen (secondary N) is 1. The van der Waals surface area contributed by atoms with Crippen LogP contribution in [0.15, 0.2) is 60.7 Å². The summed E-state index contributed by atoms with van der Waals surface area (Å²) >= 11 is 0. The lowest BCUT2D eigenvalue weighted by atomic mass is 9.78. The molecule has 1 aliphatic rings. The molecule has 4 aromatic rings. The number of nitro groups is 1. The summed E-state index contributed by atoms with van der Waals surface area (Å²) in [6.07, 6.45) is 0. The summed E-state index contributed by atoms with van der Waals surface area (Å²) in [5, 5.41) is 13.5. The summed E-state index contributed by atoms with van der Waals surface area (Å²) in [7, 11) is -0.447. The zero-order valence-electron chi connectivity index (χ0n) is 19.9. The second kappa shape index (κ2) is 8.32. The largest absolute Gasteiger partial charge is 0.494 e. The number of rotatable bonds is 3. The summed E-state index contributed by atoms with van der Waals surface area (Å²) < 4.78 is 12.4. The van der Waals surface area contributed by atoms with Crippen molar-refractivity contribution in [2.45, 2.75) is 52.7 Å². The van der Waals surface area contributed by atoms with E-state index in [9.17, 15) is 10.1 Å². The van der Waals surface area contributed by atoms with Crippen molar-refractivity contribution in [1.82, 2.24) is 4.98 Å². The van der Waals surface area contributed by atoms with E-state index in [-0.39, 0.29) is 10.6 Å². The molecular formula is C26H29BN2O4. The molecule has 0 bridgehead atoms. The maximum atomic E-state index is 11.5. The van der Waals surface area contributed by atoms with E-state index in [1.165, 1.54) is 6.07 Å². The molecule has 170 valence electrons. The first-order chi connectivity index (χ1) is 15.7. The molecule has 1 aromatic heterocycles. The third-order valence-corrected chi connectivity index (χ3v) is 6.56. The predicted molar refractivity (Wildman–Crippen MR) is 135 cm³/mol. The Balaban J connectivity index is 0.00000126. The van der Waals surface area contributed by atoms with E-state index in [2.05, 4.69) is 11.1 Å². The van der Waals surface area contributed by atoms with Crippen LogP contribution >= 0.6 is 0 Å². The van der Waals surface area contributed by atoms with Gasteiger partial charge in [0.05, 0.1) is 21.7 Å². The molecule has 2 heterocycles. The minimum absolute atomic E-state index is 0.0969. The van der Waals surface area contributed by atoms with Gasteiger partial charge in [0.25, 0.3) is 5.69 Å². The Hall–Kier alpha value is -3.16. The molecule has 0 atom stereocenters. The first-order valence-electron chi connectivity index (χ1n) is 11.3. The molecule has 0 aliphatic carbocycles. The first-order valence-corrected chi connectivity index (χ1v) is 11.3. The molecule has 0 unspecified atom stereocenters. The summed E-state index contributed by atoms with van der Waals surface area (Å²) in [5.41, 5.74) is 3.60. The number of aromatic amines is 1. The Labute approximate surface area is 194 Å². The monoisotopic (exact) mass is 444 g/mol. The van der Waals surface area contributed by atoms with E-state index < -0.39 is 18.3 Å². The number of para-hydroxylation sites is 1. The fourth-order valence-corrected chi connectivity index (χ4v) is 4.09. The van der Waals surface area contributed by atoms with Crippen molar-refractivity contribution >= 4 is 40.1 Å². The van der Waals surface area contributed by atoms with E-state index in [0.29, 0.717) is 5.56 Å². The zero-order valence-corrected chi connectivity index (χ0v) is 19.9. The number of hydrogen-bond donors (Lipinski definition) is 1. The second-order valence-corrected chi connectivity index (χ2v) is 9.05. The van der Waals surface area contributed by atoms with Crippen molar-refractivity contribution < 1.29 is 14.2 Å². The van der Waals surface area contributed by atoms with E-state index in [1.54, 1.807) is 12.1 Å². The molecule has 1 aliphatic heterocycles. The quantitative estimate of drug-likeness (QED) is 0.231. The SMILES string of the molecule is CC.CC1(C)OB(c2ccc3[nH]c4ccc(-c5ccccc5[N+](=O)[O-])cc4c3c2)OC1(C)C. The summed E-state index contributed by atoms with van der Waals surface area (Å²) in [6.45, 7) is 12.2. The lowest BCUT2D eigenvalue weighted by Crippen LogP contribution is -2.41. The molecule has 7 heteroatoms. The Morgan fingerprint density at radius 3 is 2.06 bits per heavy atom.